The maximum Gasteiger partial charge on any atom is 0.105 e. The Balaban J connectivity index is 2.71. The molecular formula is C14H22O2. The van der Waals surface area contributed by atoms with Gasteiger partial charge in [-0.2, -0.15) is 0 Å². The van der Waals surface area contributed by atoms with Crippen molar-refractivity contribution in [1.29, 1.82) is 0 Å². The van der Waals surface area contributed by atoms with E-state index < -0.39 is 6.10 Å². The highest BCUT2D eigenvalue weighted by atomic mass is 16.5. The average molecular weight is 222 g/mol. The number of ether oxygens (including phenoxy) is 1. The number of aliphatic hydroxyl groups is 1. The van der Waals surface area contributed by atoms with E-state index in [-0.39, 0.29) is 6.10 Å². The van der Waals surface area contributed by atoms with Crippen LogP contribution >= 0.6 is 0 Å². The first-order chi connectivity index (χ1) is 7.66. The summed E-state index contributed by atoms with van der Waals surface area (Å²) in [5, 5.41) is 10.3. The van der Waals surface area contributed by atoms with E-state index in [1.165, 1.54) is 0 Å². The number of hydrogen-bond acceptors (Lipinski definition) is 2. The highest BCUT2D eigenvalue weighted by molar-refractivity contribution is 5.18. The Morgan fingerprint density at radius 2 is 1.81 bits per heavy atom. The average Bonchev–Trinajstić information content (AvgIpc) is 2.30. The van der Waals surface area contributed by atoms with Crippen molar-refractivity contribution in [3.8, 4) is 0 Å². The van der Waals surface area contributed by atoms with Crippen molar-refractivity contribution in [2.75, 3.05) is 6.61 Å². The van der Waals surface area contributed by atoms with Crippen LogP contribution in [0, 0.1) is 5.92 Å². The summed E-state index contributed by atoms with van der Waals surface area (Å²) >= 11 is 0. The monoisotopic (exact) mass is 222 g/mol. The zero-order valence-electron chi connectivity index (χ0n) is 10.4. The lowest BCUT2D eigenvalue weighted by Crippen LogP contribution is -2.28. The maximum absolute atomic E-state index is 10.3. The molecule has 0 aromatic heterocycles. The highest BCUT2D eigenvalue weighted by Crippen LogP contribution is 2.24. The lowest BCUT2D eigenvalue weighted by Gasteiger charge is -2.26. The Morgan fingerprint density at radius 3 is 2.31 bits per heavy atom. The van der Waals surface area contributed by atoms with E-state index in [1.807, 2.05) is 30.3 Å². The summed E-state index contributed by atoms with van der Waals surface area (Å²) in [7, 11) is 0. The minimum atomic E-state index is -0.534. The molecule has 2 unspecified atom stereocenters. The van der Waals surface area contributed by atoms with E-state index in [2.05, 4.69) is 20.8 Å². The van der Waals surface area contributed by atoms with Crippen LogP contribution in [-0.4, -0.2) is 17.8 Å². The zero-order valence-corrected chi connectivity index (χ0v) is 10.4. The summed E-state index contributed by atoms with van der Waals surface area (Å²) in [6.07, 6.45) is 0.320. The van der Waals surface area contributed by atoms with Gasteiger partial charge < -0.3 is 9.84 Å². The van der Waals surface area contributed by atoms with Crippen LogP contribution < -0.4 is 0 Å². The smallest absolute Gasteiger partial charge is 0.105 e. The number of aliphatic hydroxyl groups excluding tert-OH is 1. The van der Waals surface area contributed by atoms with Gasteiger partial charge in [-0.05, 0) is 17.9 Å². The molecule has 1 rings (SSSR count). The predicted octanol–water partition coefficient (Wildman–Crippen LogP) is 3.17. The molecule has 0 bridgehead atoms. The molecule has 0 radical (unpaired) electrons. The van der Waals surface area contributed by atoms with Crippen molar-refractivity contribution in [1.82, 2.24) is 0 Å². The Hall–Kier alpha value is -0.860. The summed E-state index contributed by atoms with van der Waals surface area (Å²) < 4.78 is 5.72. The first kappa shape index (κ1) is 13.2. The molecule has 2 nitrogen and oxygen atoms in total. The van der Waals surface area contributed by atoms with Crippen LogP contribution in [0.2, 0.25) is 0 Å². The molecule has 0 amide bonds. The molecule has 2 atom stereocenters. The maximum atomic E-state index is 10.3. The van der Waals surface area contributed by atoms with Crippen LogP contribution in [-0.2, 0) is 4.74 Å². The van der Waals surface area contributed by atoms with Gasteiger partial charge in [-0.3, -0.25) is 0 Å². The second kappa shape index (κ2) is 6.66. The topological polar surface area (TPSA) is 29.5 Å². The van der Waals surface area contributed by atoms with Crippen molar-refractivity contribution in [3.63, 3.8) is 0 Å². The molecule has 0 aliphatic heterocycles. The standard InChI is InChI=1S/C14H22O2/c1-4-10-16-14(11(2)3)13(15)12-8-6-5-7-9-12/h5-9,11,13-15H,4,10H2,1-3H3. The van der Waals surface area contributed by atoms with E-state index in [1.54, 1.807) is 0 Å². The van der Waals surface area contributed by atoms with Gasteiger partial charge in [-0.15, -0.1) is 0 Å². The van der Waals surface area contributed by atoms with E-state index >= 15 is 0 Å². The Kier molecular flexibility index (Phi) is 5.50. The first-order valence-corrected chi connectivity index (χ1v) is 6.01. The first-order valence-electron chi connectivity index (χ1n) is 6.01. The number of benzene rings is 1. The third kappa shape index (κ3) is 3.62. The van der Waals surface area contributed by atoms with Crippen molar-refractivity contribution in [2.45, 2.75) is 39.4 Å². The van der Waals surface area contributed by atoms with Crippen LogP contribution in [0.15, 0.2) is 30.3 Å². The zero-order chi connectivity index (χ0) is 12.0. The van der Waals surface area contributed by atoms with Gasteiger partial charge in [0, 0.05) is 6.61 Å². The lowest BCUT2D eigenvalue weighted by atomic mass is 9.96. The Labute approximate surface area is 98.3 Å². The van der Waals surface area contributed by atoms with Gasteiger partial charge in [-0.25, -0.2) is 0 Å². The molecule has 0 aliphatic rings. The number of rotatable bonds is 6. The summed E-state index contributed by atoms with van der Waals surface area (Å²) in [5.74, 6) is 0.307. The fraction of sp³-hybridized carbons (Fsp3) is 0.571. The Bertz CT molecular complexity index is 282. The third-order valence-electron chi connectivity index (χ3n) is 2.62. The second-order valence-electron chi connectivity index (χ2n) is 4.43. The molecule has 1 aromatic rings. The SMILES string of the molecule is CCCOC(C(C)C)C(O)c1ccccc1. The fourth-order valence-electron chi connectivity index (χ4n) is 1.74. The van der Waals surface area contributed by atoms with E-state index in [4.69, 9.17) is 4.74 Å². The molecule has 0 heterocycles. The van der Waals surface area contributed by atoms with Crippen molar-refractivity contribution in [2.24, 2.45) is 5.92 Å². The van der Waals surface area contributed by atoms with E-state index in [0.717, 1.165) is 12.0 Å². The van der Waals surface area contributed by atoms with Crippen LogP contribution in [0.1, 0.15) is 38.9 Å². The molecule has 0 saturated heterocycles. The van der Waals surface area contributed by atoms with Gasteiger partial charge in [0.2, 0.25) is 0 Å². The van der Waals surface area contributed by atoms with Gasteiger partial charge in [0.05, 0.1) is 6.10 Å². The minimum Gasteiger partial charge on any atom is -0.386 e. The van der Waals surface area contributed by atoms with Gasteiger partial charge in [0.1, 0.15) is 6.10 Å². The molecule has 16 heavy (non-hydrogen) atoms. The molecule has 1 N–H and O–H groups in total. The van der Waals surface area contributed by atoms with Gasteiger partial charge >= 0.3 is 0 Å². The van der Waals surface area contributed by atoms with Gasteiger partial charge in [-0.1, -0.05) is 51.1 Å². The highest BCUT2D eigenvalue weighted by Gasteiger charge is 2.24. The molecule has 90 valence electrons. The van der Waals surface area contributed by atoms with E-state index in [9.17, 15) is 5.11 Å². The lowest BCUT2D eigenvalue weighted by molar-refractivity contribution is -0.0628. The fourth-order valence-corrected chi connectivity index (χ4v) is 1.74. The van der Waals surface area contributed by atoms with Crippen molar-refractivity contribution < 1.29 is 9.84 Å². The predicted molar refractivity (Wildman–Crippen MR) is 66.3 cm³/mol. The molecule has 0 fully saturated rings. The van der Waals surface area contributed by atoms with Crippen molar-refractivity contribution in [3.05, 3.63) is 35.9 Å². The van der Waals surface area contributed by atoms with Crippen LogP contribution in [0.5, 0.6) is 0 Å². The number of hydrogen-bond donors (Lipinski definition) is 1. The summed E-state index contributed by atoms with van der Waals surface area (Å²) in [6.45, 7) is 6.93. The van der Waals surface area contributed by atoms with Gasteiger partial charge in [0.25, 0.3) is 0 Å². The largest absolute Gasteiger partial charge is 0.386 e. The summed E-state index contributed by atoms with van der Waals surface area (Å²) in [6, 6.07) is 9.71. The molecule has 2 heteroatoms. The molecular weight excluding hydrogens is 200 g/mol. The van der Waals surface area contributed by atoms with Crippen LogP contribution in [0.25, 0.3) is 0 Å². The van der Waals surface area contributed by atoms with Gasteiger partial charge in [0.15, 0.2) is 0 Å². The third-order valence-corrected chi connectivity index (χ3v) is 2.62. The van der Waals surface area contributed by atoms with Crippen LogP contribution in [0.4, 0.5) is 0 Å². The van der Waals surface area contributed by atoms with Crippen molar-refractivity contribution >= 4 is 0 Å². The second-order valence-corrected chi connectivity index (χ2v) is 4.43. The molecule has 0 spiro atoms. The normalized spacial score (nSPS) is 15.1. The van der Waals surface area contributed by atoms with Crippen LogP contribution in [0.3, 0.4) is 0 Å². The molecule has 0 aliphatic carbocycles. The minimum absolute atomic E-state index is 0.123. The van der Waals surface area contributed by atoms with E-state index in [0.29, 0.717) is 12.5 Å². The summed E-state index contributed by atoms with van der Waals surface area (Å²) in [4.78, 5) is 0. The summed E-state index contributed by atoms with van der Waals surface area (Å²) in [5.41, 5.74) is 0.928. The Morgan fingerprint density at radius 1 is 1.19 bits per heavy atom. The quantitative estimate of drug-likeness (QED) is 0.801. The molecule has 0 saturated carbocycles. The molecule has 1 aromatic carbocycles.